The van der Waals surface area contributed by atoms with Crippen molar-refractivity contribution in [3.8, 4) is 5.75 Å². The number of benzene rings is 1. The molecule has 1 aromatic rings. The van der Waals surface area contributed by atoms with Crippen molar-refractivity contribution in [1.82, 2.24) is 0 Å². The monoisotopic (exact) mass is 263 g/mol. The quantitative estimate of drug-likeness (QED) is 0.831. The van der Waals surface area contributed by atoms with E-state index in [1.165, 1.54) is 0 Å². The largest absolute Gasteiger partial charge is 0.522 e. The minimum absolute atomic E-state index is 0.178. The Kier molecular flexibility index (Phi) is 4.98. The van der Waals surface area contributed by atoms with Gasteiger partial charge in [-0.05, 0) is 19.9 Å². The third-order valence-corrected chi connectivity index (χ3v) is 2.26. The fourth-order valence-corrected chi connectivity index (χ4v) is 1.46. The maximum absolute atomic E-state index is 11.7. The van der Waals surface area contributed by atoms with E-state index in [1.807, 2.05) is 19.1 Å². The topological polar surface area (TPSA) is 44.5 Å². The van der Waals surface area contributed by atoms with Crippen LogP contribution in [0, 0.1) is 6.92 Å². The SMILES string of the molecule is Cc1ccc(OCCOC(F)(F)F)c([C@@H](C)N)c1. The summed E-state index contributed by atoms with van der Waals surface area (Å²) in [6.45, 7) is 2.97. The lowest BCUT2D eigenvalue weighted by atomic mass is 10.1. The Hall–Kier alpha value is -1.27. The molecule has 0 aliphatic rings. The van der Waals surface area contributed by atoms with Gasteiger partial charge in [-0.15, -0.1) is 13.2 Å². The maximum atomic E-state index is 11.7. The number of hydrogen-bond acceptors (Lipinski definition) is 3. The molecule has 0 spiro atoms. The lowest BCUT2D eigenvalue weighted by Gasteiger charge is -2.15. The Balaban J connectivity index is 2.57. The molecule has 18 heavy (non-hydrogen) atoms. The molecule has 0 aliphatic heterocycles. The zero-order valence-electron chi connectivity index (χ0n) is 10.3. The lowest BCUT2D eigenvalue weighted by molar-refractivity contribution is -0.325. The summed E-state index contributed by atoms with van der Waals surface area (Å²) in [7, 11) is 0. The van der Waals surface area contributed by atoms with Crippen LogP contribution in [0.15, 0.2) is 18.2 Å². The van der Waals surface area contributed by atoms with Gasteiger partial charge in [-0.2, -0.15) is 0 Å². The van der Waals surface area contributed by atoms with E-state index >= 15 is 0 Å². The summed E-state index contributed by atoms with van der Waals surface area (Å²) in [5, 5.41) is 0. The normalized spacial score (nSPS) is 13.4. The maximum Gasteiger partial charge on any atom is 0.522 e. The molecule has 0 radical (unpaired) electrons. The number of alkyl halides is 3. The van der Waals surface area contributed by atoms with Crippen LogP contribution in [-0.2, 0) is 4.74 Å². The van der Waals surface area contributed by atoms with E-state index in [9.17, 15) is 13.2 Å². The van der Waals surface area contributed by atoms with Crippen molar-refractivity contribution >= 4 is 0 Å². The van der Waals surface area contributed by atoms with E-state index in [1.54, 1.807) is 13.0 Å². The van der Waals surface area contributed by atoms with E-state index in [0.717, 1.165) is 11.1 Å². The lowest BCUT2D eigenvalue weighted by Crippen LogP contribution is -2.18. The first-order chi connectivity index (χ1) is 8.29. The summed E-state index contributed by atoms with van der Waals surface area (Å²) in [5.74, 6) is 0.487. The number of rotatable bonds is 5. The fraction of sp³-hybridized carbons (Fsp3) is 0.500. The molecule has 0 aromatic heterocycles. The van der Waals surface area contributed by atoms with Crippen molar-refractivity contribution < 1.29 is 22.6 Å². The van der Waals surface area contributed by atoms with E-state index in [0.29, 0.717) is 5.75 Å². The Bertz CT molecular complexity index is 391. The number of ether oxygens (including phenoxy) is 2. The third-order valence-electron chi connectivity index (χ3n) is 2.26. The second-order valence-electron chi connectivity index (χ2n) is 3.97. The predicted molar refractivity (Wildman–Crippen MR) is 61.3 cm³/mol. The van der Waals surface area contributed by atoms with Crippen molar-refractivity contribution in [2.75, 3.05) is 13.2 Å². The Morgan fingerprint density at radius 1 is 1.28 bits per heavy atom. The van der Waals surface area contributed by atoms with Gasteiger partial charge < -0.3 is 10.5 Å². The molecule has 0 bridgehead atoms. The zero-order valence-corrected chi connectivity index (χ0v) is 10.3. The standard InChI is InChI=1S/C12H16F3NO2/c1-8-3-4-11(10(7-8)9(2)16)17-5-6-18-12(13,14)15/h3-4,7,9H,5-6,16H2,1-2H3/t9-/m1/s1. The number of hydrogen-bond donors (Lipinski definition) is 1. The second-order valence-corrected chi connectivity index (χ2v) is 3.97. The van der Waals surface area contributed by atoms with Crippen molar-refractivity contribution in [3.63, 3.8) is 0 Å². The molecule has 0 aliphatic carbocycles. The minimum Gasteiger partial charge on any atom is -0.491 e. The first-order valence-corrected chi connectivity index (χ1v) is 5.49. The van der Waals surface area contributed by atoms with Gasteiger partial charge in [0.2, 0.25) is 0 Å². The molecule has 1 atom stereocenters. The van der Waals surface area contributed by atoms with E-state index in [4.69, 9.17) is 10.5 Å². The van der Waals surface area contributed by atoms with Crippen LogP contribution < -0.4 is 10.5 Å². The molecule has 0 heterocycles. The molecule has 102 valence electrons. The molecule has 0 saturated heterocycles. The first-order valence-electron chi connectivity index (χ1n) is 5.49. The molecular weight excluding hydrogens is 247 g/mol. The highest BCUT2D eigenvalue weighted by Gasteiger charge is 2.28. The van der Waals surface area contributed by atoms with Gasteiger partial charge in [0.1, 0.15) is 12.4 Å². The van der Waals surface area contributed by atoms with Crippen molar-refractivity contribution in [2.45, 2.75) is 26.3 Å². The van der Waals surface area contributed by atoms with Gasteiger partial charge in [-0.25, -0.2) is 0 Å². The Morgan fingerprint density at radius 3 is 2.50 bits per heavy atom. The Labute approximate surface area is 104 Å². The Morgan fingerprint density at radius 2 is 1.94 bits per heavy atom. The molecule has 2 N–H and O–H groups in total. The molecule has 0 fully saturated rings. The summed E-state index contributed by atoms with van der Waals surface area (Å²) in [4.78, 5) is 0. The fourth-order valence-electron chi connectivity index (χ4n) is 1.46. The van der Waals surface area contributed by atoms with Gasteiger partial charge in [0, 0.05) is 11.6 Å². The molecule has 6 heteroatoms. The smallest absolute Gasteiger partial charge is 0.491 e. The van der Waals surface area contributed by atoms with Crippen LogP contribution in [0.1, 0.15) is 24.1 Å². The minimum atomic E-state index is -4.62. The molecule has 1 rings (SSSR count). The second kappa shape index (κ2) is 6.06. The summed E-state index contributed by atoms with van der Waals surface area (Å²) in [6, 6.07) is 5.11. The molecule has 0 amide bonds. The molecule has 3 nitrogen and oxygen atoms in total. The van der Waals surface area contributed by atoms with E-state index in [2.05, 4.69) is 4.74 Å². The van der Waals surface area contributed by atoms with Crippen LogP contribution >= 0.6 is 0 Å². The average molecular weight is 263 g/mol. The van der Waals surface area contributed by atoms with E-state index in [-0.39, 0.29) is 12.6 Å². The van der Waals surface area contributed by atoms with Crippen LogP contribution in [0.5, 0.6) is 5.75 Å². The van der Waals surface area contributed by atoms with E-state index < -0.39 is 13.0 Å². The predicted octanol–water partition coefficient (Wildman–Crippen LogP) is 2.93. The van der Waals surface area contributed by atoms with Crippen LogP contribution in [-0.4, -0.2) is 19.6 Å². The van der Waals surface area contributed by atoms with Crippen molar-refractivity contribution in [2.24, 2.45) is 5.73 Å². The van der Waals surface area contributed by atoms with Gasteiger partial charge in [0.25, 0.3) is 0 Å². The third kappa shape index (κ3) is 4.93. The van der Waals surface area contributed by atoms with Gasteiger partial charge in [0.05, 0.1) is 6.61 Å². The molecular formula is C12H16F3NO2. The van der Waals surface area contributed by atoms with Crippen molar-refractivity contribution in [1.29, 1.82) is 0 Å². The first kappa shape index (κ1) is 14.8. The van der Waals surface area contributed by atoms with Crippen molar-refractivity contribution in [3.05, 3.63) is 29.3 Å². The molecule has 0 saturated carbocycles. The van der Waals surface area contributed by atoms with Gasteiger partial charge in [-0.3, -0.25) is 4.74 Å². The van der Waals surface area contributed by atoms with Gasteiger partial charge >= 0.3 is 6.36 Å². The number of nitrogens with two attached hydrogens (primary N) is 1. The summed E-state index contributed by atoms with van der Waals surface area (Å²) in [6.07, 6.45) is -4.62. The molecule has 0 unspecified atom stereocenters. The van der Waals surface area contributed by atoms with Crippen LogP contribution in [0.2, 0.25) is 0 Å². The molecule has 1 aromatic carbocycles. The van der Waals surface area contributed by atoms with Crippen LogP contribution in [0.3, 0.4) is 0 Å². The average Bonchev–Trinajstić information content (AvgIpc) is 2.24. The summed E-state index contributed by atoms with van der Waals surface area (Å²) >= 11 is 0. The van der Waals surface area contributed by atoms with Gasteiger partial charge in [-0.1, -0.05) is 17.7 Å². The summed E-state index contributed by atoms with van der Waals surface area (Å²) < 4.78 is 44.1. The summed E-state index contributed by atoms with van der Waals surface area (Å²) in [5.41, 5.74) is 7.55. The number of aryl methyl sites for hydroxylation is 1. The highest BCUT2D eigenvalue weighted by atomic mass is 19.4. The number of halogens is 3. The highest BCUT2D eigenvalue weighted by molar-refractivity contribution is 5.38. The van der Waals surface area contributed by atoms with Crippen LogP contribution in [0.4, 0.5) is 13.2 Å². The zero-order chi connectivity index (χ0) is 13.8. The van der Waals surface area contributed by atoms with Gasteiger partial charge in [0.15, 0.2) is 0 Å². The van der Waals surface area contributed by atoms with Crippen LogP contribution in [0.25, 0.3) is 0 Å². The highest BCUT2D eigenvalue weighted by Crippen LogP contribution is 2.25.